The Morgan fingerprint density at radius 1 is 1.05 bits per heavy atom. The number of rotatable bonds is 10. The molecule has 12 nitrogen and oxygen atoms in total. The largest absolute Gasteiger partial charge is 0.478 e. The molecule has 1 aliphatic rings. The molecule has 0 aliphatic heterocycles. The van der Waals surface area contributed by atoms with Crippen molar-refractivity contribution in [3.63, 3.8) is 0 Å². The average molecular weight is 576 g/mol. The number of amides is 1. The summed E-state index contributed by atoms with van der Waals surface area (Å²) in [6, 6.07) is 11.7. The third kappa shape index (κ3) is 6.80. The van der Waals surface area contributed by atoms with E-state index in [0.717, 1.165) is 22.3 Å². The van der Waals surface area contributed by atoms with Crippen LogP contribution in [0.2, 0.25) is 0 Å². The Hall–Kier alpha value is -4.63. The number of nitrogens with zero attached hydrogens (tertiary/aromatic N) is 5. The van der Waals surface area contributed by atoms with Gasteiger partial charge in [-0.3, -0.25) is 4.79 Å². The number of carboxylic acids is 2. The van der Waals surface area contributed by atoms with Crippen molar-refractivity contribution < 1.29 is 24.6 Å². The minimum atomic E-state index is -1.01. The molecule has 0 spiro atoms. The number of likely N-dealkylation sites (N-methyl/N-ethyl adjacent to an activating group) is 1. The summed E-state index contributed by atoms with van der Waals surface area (Å²) in [6.07, 6.45) is 2.31. The van der Waals surface area contributed by atoms with E-state index in [2.05, 4.69) is 25.9 Å². The lowest BCUT2D eigenvalue weighted by atomic mass is 9.65. The smallest absolute Gasteiger partial charge is 0.335 e. The molecule has 222 valence electrons. The fraction of sp³-hybridized carbons (Fsp3) is 0.433. The first kappa shape index (κ1) is 31.9. The van der Waals surface area contributed by atoms with E-state index in [1.807, 2.05) is 32.9 Å². The number of aromatic amines is 1. The third-order valence-electron chi connectivity index (χ3n) is 7.57. The van der Waals surface area contributed by atoms with Crippen molar-refractivity contribution >= 4 is 17.8 Å². The molecule has 0 fully saturated rings. The number of nitriles is 1. The molecule has 1 aliphatic carbocycles. The van der Waals surface area contributed by atoms with E-state index < -0.39 is 17.4 Å². The van der Waals surface area contributed by atoms with Gasteiger partial charge in [0.2, 0.25) is 5.91 Å². The number of aromatic nitrogens is 4. The van der Waals surface area contributed by atoms with Gasteiger partial charge < -0.3 is 20.4 Å². The molecular weight excluding hydrogens is 538 g/mol. The van der Waals surface area contributed by atoms with Gasteiger partial charge in [0, 0.05) is 26.1 Å². The Bertz CT molecular complexity index is 1380. The van der Waals surface area contributed by atoms with Crippen LogP contribution in [0, 0.1) is 11.3 Å². The summed E-state index contributed by atoms with van der Waals surface area (Å²) in [4.78, 5) is 38.1. The number of aryl methyl sites for hydroxylation is 2. The Morgan fingerprint density at radius 2 is 1.57 bits per heavy atom. The quantitative estimate of drug-likeness (QED) is 0.280. The zero-order chi connectivity index (χ0) is 30.9. The van der Waals surface area contributed by atoms with Crippen molar-refractivity contribution in [2.45, 2.75) is 64.8 Å². The van der Waals surface area contributed by atoms with Crippen LogP contribution in [-0.2, 0) is 23.1 Å². The third-order valence-corrected chi connectivity index (χ3v) is 7.57. The highest BCUT2D eigenvalue weighted by molar-refractivity contribution is 5.89. The van der Waals surface area contributed by atoms with Gasteiger partial charge in [0.05, 0.1) is 29.2 Å². The number of hydrogen-bond acceptors (Lipinski definition) is 8. The van der Waals surface area contributed by atoms with E-state index in [4.69, 9.17) is 5.26 Å². The number of hydrogen-bond donors (Lipinski definition) is 4. The van der Waals surface area contributed by atoms with Crippen molar-refractivity contribution in [1.29, 1.82) is 5.26 Å². The van der Waals surface area contributed by atoms with Crippen LogP contribution < -0.4 is 5.32 Å². The summed E-state index contributed by atoms with van der Waals surface area (Å²) in [6.45, 7) is 8.69. The number of carbonyl (C=O) groups is 3. The molecule has 1 heterocycles. The molecule has 1 amide bonds. The molecule has 0 unspecified atom stereocenters. The molecule has 4 rings (SSSR count). The molecule has 2 aromatic carbocycles. The van der Waals surface area contributed by atoms with Gasteiger partial charge in [0.15, 0.2) is 5.82 Å². The summed E-state index contributed by atoms with van der Waals surface area (Å²) in [5.41, 5.74) is 2.78. The summed E-state index contributed by atoms with van der Waals surface area (Å²) >= 11 is 0. The van der Waals surface area contributed by atoms with Crippen LogP contribution in [0.25, 0.3) is 0 Å². The number of tetrazole rings is 1. The van der Waals surface area contributed by atoms with Crippen molar-refractivity contribution in [3.8, 4) is 6.07 Å². The van der Waals surface area contributed by atoms with Gasteiger partial charge in [-0.1, -0.05) is 17.3 Å². The predicted molar refractivity (Wildman–Crippen MR) is 154 cm³/mol. The van der Waals surface area contributed by atoms with E-state index in [1.54, 1.807) is 35.2 Å². The lowest BCUT2D eigenvalue weighted by Gasteiger charge is -2.39. The summed E-state index contributed by atoms with van der Waals surface area (Å²) in [5, 5.41) is 45.3. The van der Waals surface area contributed by atoms with Gasteiger partial charge in [-0.05, 0) is 93.0 Å². The molecule has 4 N–H and O–H groups in total. The van der Waals surface area contributed by atoms with Gasteiger partial charge in [0.1, 0.15) is 0 Å². The van der Waals surface area contributed by atoms with Crippen molar-refractivity contribution in [1.82, 2.24) is 30.8 Å². The summed E-state index contributed by atoms with van der Waals surface area (Å²) in [7, 11) is 0. The highest BCUT2D eigenvalue weighted by Gasteiger charge is 2.45. The van der Waals surface area contributed by atoms with E-state index >= 15 is 0 Å². The first-order valence-electron chi connectivity index (χ1n) is 13.9. The van der Waals surface area contributed by atoms with Gasteiger partial charge in [0.25, 0.3) is 0 Å². The number of benzene rings is 2. The first-order chi connectivity index (χ1) is 20.1. The van der Waals surface area contributed by atoms with Gasteiger partial charge in [-0.2, -0.15) is 10.5 Å². The summed E-state index contributed by atoms with van der Waals surface area (Å²) in [5.74, 6) is -1.64. The van der Waals surface area contributed by atoms with E-state index in [0.29, 0.717) is 44.6 Å². The molecule has 0 saturated carbocycles. The number of carboxylic acid groups (broad SMARTS) is 2. The van der Waals surface area contributed by atoms with Crippen LogP contribution in [0.4, 0.5) is 0 Å². The van der Waals surface area contributed by atoms with E-state index in [9.17, 15) is 24.6 Å². The van der Waals surface area contributed by atoms with Gasteiger partial charge in [-0.15, -0.1) is 10.2 Å². The Kier molecular flexibility index (Phi) is 10.9. The van der Waals surface area contributed by atoms with Crippen LogP contribution in [0.3, 0.4) is 0 Å². The number of nitrogens with one attached hydrogen (secondary N) is 2. The maximum absolute atomic E-state index is 12.7. The number of fused-ring (bicyclic) bond motifs is 2. The number of H-pyrrole nitrogens is 1. The second-order valence-electron chi connectivity index (χ2n) is 10.1. The van der Waals surface area contributed by atoms with Crippen molar-refractivity contribution in [2.75, 3.05) is 19.6 Å². The van der Waals surface area contributed by atoms with E-state index in [-0.39, 0.29) is 29.6 Å². The molecule has 3 aromatic rings. The minimum absolute atomic E-state index is 0.00359. The zero-order valence-electron chi connectivity index (χ0n) is 24.3. The van der Waals surface area contributed by atoms with Crippen LogP contribution in [0.5, 0.6) is 0 Å². The SMILES string of the molecule is CC#N.CCN(CC)C(=O)CN[C@@H](C)CC1(c2nn[nH]n2)c2ccc(C(=O)O)cc2CCCc2cc(C(=O)O)ccc21. The second-order valence-corrected chi connectivity index (χ2v) is 10.1. The molecule has 1 atom stereocenters. The highest BCUT2D eigenvalue weighted by Crippen LogP contribution is 2.46. The Balaban J connectivity index is 0.00000155. The van der Waals surface area contributed by atoms with Gasteiger partial charge >= 0.3 is 11.9 Å². The van der Waals surface area contributed by atoms with Crippen LogP contribution >= 0.6 is 0 Å². The topological polar surface area (TPSA) is 185 Å². The lowest BCUT2D eigenvalue weighted by Crippen LogP contribution is -2.45. The number of aromatic carboxylic acids is 2. The fourth-order valence-corrected chi connectivity index (χ4v) is 5.69. The molecular formula is C30H37N7O5. The van der Waals surface area contributed by atoms with Crippen LogP contribution in [-0.4, -0.2) is 79.3 Å². The van der Waals surface area contributed by atoms with Crippen LogP contribution in [0.15, 0.2) is 36.4 Å². The normalized spacial score (nSPS) is 14.0. The van der Waals surface area contributed by atoms with Crippen molar-refractivity contribution in [3.05, 3.63) is 75.6 Å². The standard InChI is InChI=1S/C28H34N6O5.C2H3N/c1-4-34(5-2)24(35)16-29-17(3)15-28(27-30-32-33-31-27)22-11-9-20(25(36)37)13-18(22)7-6-8-19-14-21(26(38)39)10-12-23(19)28;1-2-3/h9-14,17,29H,4-8,15-16H2,1-3H3,(H,36,37)(H,38,39)(H,30,31,32,33);1H3/t17-;/m0./s1. The number of carbonyl (C=O) groups excluding carboxylic acids is 1. The molecule has 0 bridgehead atoms. The fourth-order valence-electron chi connectivity index (χ4n) is 5.69. The molecule has 42 heavy (non-hydrogen) atoms. The maximum Gasteiger partial charge on any atom is 0.335 e. The Morgan fingerprint density at radius 3 is 2.00 bits per heavy atom. The van der Waals surface area contributed by atoms with Gasteiger partial charge in [-0.25, -0.2) is 9.59 Å². The zero-order valence-corrected chi connectivity index (χ0v) is 24.3. The van der Waals surface area contributed by atoms with Crippen LogP contribution in [0.1, 0.15) is 89.3 Å². The highest BCUT2D eigenvalue weighted by atomic mass is 16.4. The second kappa shape index (κ2) is 14.3. The monoisotopic (exact) mass is 575 g/mol. The maximum atomic E-state index is 12.7. The predicted octanol–water partition coefficient (Wildman–Crippen LogP) is 3.19. The first-order valence-corrected chi connectivity index (χ1v) is 13.9. The minimum Gasteiger partial charge on any atom is -0.478 e. The molecule has 0 saturated heterocycles. The molecule has 12 heteroatoms. The summed E-state index contributed by atoms with van der Waals surface area (Å²) < 4.78 is 0. The lowest BCUT2D eigenvalue weighted by molar-refractivity contribution is -0.130. The van der Waals surface area contributed by atoms with E-state index in [1.165, 1.54) is 6.92 Å². The molecule has 1 aromatic heterocycles. The van der Waals surface area contributed by atoms with Crippen molar-refractivity contribution in [2.24, 2.45) is 0 Å². The average Bonchev–Trinajstić information content (AvgIpc) is 3.51. The molecule has 0 radical (unpaired) electrons. The Labute approximate surface area is 244 Å².